The Labute approximate surface area is 178 Å². The molecule has 0 saturated carbocycles. The van der Waals surface area contributed by atoms with Crippen molar-refractivity contribution < 1.29 is 9.59 Å². The molecule has 0 bridgehead atoms. The molecular formula is C24H16ClN3O2. The molecule has 0 atom stereocenters. The van der Waals surface area contributed by atoms with Crippen molar-refractivity contribution in [3.8, 4) is 17.2 Å². The Morgan fingerprint density at radius 2 is 1.70 bits per heavy atom. The molecule has 1 aliphatic rings. The number of nitrogens with zero attached hydrogens (tertiary/aromatic N) is 1. The molecule has 146 valence electrons. The zero-order chi connectivity index (χ0) is 21.1. The van der Waals surface area contributed by atoms with Gasteiger partial charge in [0.05, 0.1) is 18.1 Å². The lowest BCUT2D eigenvalue weighted by Gasteiger charge is -2.20. The average Bonchev–Trinajstić information content (AvgIpc) is 2.75. The monoisotopic (exact) mass is 413 g/mol. The fraction of sp³-hybridized carbons (Fsp3) is 0.0417. The maximum atomic E-state index is 12.5. The van der Waals surface area contributed by atoms with Gasteiger partial charge in [0.1, 0.15) is 0 Å². The molecule has 2 amide bonds. The third kappa shape index (κ3) is 3.82. The van der Waals surface area contributed by atoms with Crippen LogP contribution < -0.4 is 10.6 Å². The highest BCUT2D eigenvalue weighted by Crippen LogP contribution is 2.33. The molecule has 30 heavy (non-hydrogen) atoms. The van der Waals surface area contributed by atoms with Crippen LogP contribution in [-0.2, 0) is 11.2 Å². The van der Waals surface area contributed by atoms with Crippen LogP contribution in [0, 0.1) is 11.3 Å². The molecule has 1 heterocycles. The predicted octanol–water partition coefficient (Wildman–Crippen LogP) is 4.80. The van der Waals surface area contributed by atoms with Gasteiger partial charge in [-0.25, -0.2) is 0 Å². The van der Waals surface area contributed by atoms with Crippen LogP contribution in [0.1, 0.15) is 21.5 Å². The lowest BCUT2D eigenvalue weighted by Crippen LogP contribution is -2.36. The van der Waals surface area contributed by atoms with Crippen LogP contribution in [-0.4, -0.2) is 11.8 Å². The van der Waals surface area contributed by atoms with Gasteiger partial charge in [0, 0.05) is 33.6 Å². The highest BCUT2D eigenvalue weighted by atomic mass is 35.5. The summed E-state index contributed by atoms with van der Waals surface area (Å²) in [6.07, 6.45) is 1.92. The quantitative estimate of drug-likeness (QED) is 0.475. The molecule has 3 aromatic rings. The van der Waals surface area contributed by atoms with E-state index in [0.717, 1.165) is 22.4 Å². The van der Waals surface area contributed by atoms with Crippen LogP contribution in [0.25, 0.3) is 16.7 Å². The number of amides is 2. The number of hydrogen-bond donors (Lipinski definition) is 2. The Morgan fingerprint density at radius 3 is 2.43 bits per heavy atom. The number of benzene rings is 3. The van der Waals surface area contributed by atoms with E-state index in [1.807, 2.05) is 48.5 Å². The van der Waals surface area contributed by atoms with E-state index in [1.54, 1.807) is 24.4 Å². The summed E-state index contributed by atoms with van der Waals surface area (Å²) in [5.41, 5.74) is 4.61. The number of nitrogens with one attached hydrogen (secondary N) is 2. The Morgan fingerprint density at radius 1 is 0.933 bits per heavy atom. The Kier molecular flexibility index (Phi) is 5.34. The van der Waals surface area contributed by atoms with Crippen molar-refractivity contribution in [2.45, 2.75) is 6.42 Å². The second kappa shape index (κ2) is 8.24. The summed E-state index contributed by atoms with van der Waals surface area (Å²) < 4.78 is 0. The van der Waals surface area contributed by atoms with Gasteiger partial charge < -0.3 is 5.32 Å². The highest BCUT2D eigenvalue weighted by molar-refractivity contribution is 6.34. The minimum Gasteiger partial charge on any atom is -0.361 e. The van der Waals surface area contributed by atoms with Crippen LogP contribution in [0.4, 0.5) is 5.69 Å². The van der Waals surface area contributed by atoms with Crippen molar-refractivity contribution in [3.63, 3.8) is 0 Å². The largest absolute Gasteiger partial charge is 0.361 e. The lowest BCUT2D eigenvalue weighted by atomic mass is 9.91. The third-order valence-corrected chi connectivity index (χ3v) is 5.16. The number of rotatable bonds is 4. The van der Waals surface area contributed by atoms with E-state index in [2.05, 4.69) is 16.7 Å². The smallest absolute Gasteiger partial charge is 0.260 e. The predicted molar refractivity (Wildman–Crippen MR) is 117 cm³/mol. The Hall–Kier alpha value is -3.88. The van der Waals surface area contributed by atoms with Crippen LogP contribution in [0.3, 0.4) is 0 Å². The normalized spacial score (nSPS) is 14.1. The third-order valence-electron chi connectivity index (χ3n) is 4.83. The molecular weight excluding hydrogens is 398 g/mol. The van der Waals surface area contributed by atoms with Crippen LogP contribution in [0.5, 0.6) is 0 Å². The first-order chi connectivity index (χ1) is 14.6. The molecule has 4 rings (SSSR count). The van der Waals surface area contributed by atoms with E-state index >= 15 is 0 Å². The molecule has 0 aromatic heterocycles. The zero-order valence-electron chi connectivity index (χ0n) is 15.8. The van der Waals surface area contributed by atoms with Crippen LogP contribution >= 0.6 is 11.6 Å². The van der Waals surface area contributed by atoms with Gasteiger partial charge >= 0.3 is 0 Å². The number of carbonyl (C=O) groups is 2. The summed E-state index contributed by atoms with van der Waals surface area (Å²) in [4.78, 5) is 24.8. The molecule has 0 saturated heterocycles. The van der Waals surface area contributed by atoms with Crippen LogP contribution in [0.15, 0.2) is 72.9 Å². The Bertz CT molecular complexity index is 1220. The van der Waals surface area contributed by atoms with Gasteiger partial charge in [-0.1, -0.05) is 48.0 Å². The van der Waals surface area contributed by atoms with E-state index in [-0.39, 0.29) is 0 Å². The number of halogens is 1. The van der Waals surface area contributed by atoms with Crippen molar-refractivity contribution in [1.29, 1.82) is 5.26 Å². The second-order valence-corrected chi connectivity index (χ2v) is 7.16. The average molecular weight is 414 g/mol. The van der Waals surface area contributed by atoms with E-state index in [4.69, 9.17) is 16.9 Å². The fourth-order valence-electron chi connectivity index (χ4n) is 3.30. The topological polar surface area (TPSA) is 82.0 Å². The van der Waals surface area contributed by atoms with Crippen LogP contribution in [0.2, 0.25) is 5.02 Å². The van der Waals surface area contributed by atoms with Crippen molar-refractivity contribution in [2.75, 3.05) is 5.32 Å². The van der Waals surface area contributed by atoms with Gasteiger partial charge in [-0.05, 0) is 41.5 Å². The highest BCUT2D eigenvalue weighted by Gasteiger charge is 2.27. The van der Waals surface area contributed by atoms with Crippen molar-refractivity contribution in [1.82, 2.24) is 5.32 Å². The molecule has 1 aliphatic heterocycles. The van der Waals surface area contributed by atoms with Crippen molar-refractivity contribution >= 4 is 34.7 Å². The van der Waals surface area contributed by atoms with Crippen molar-refractivity contribution in [2.24, 2.45) is 0 Å². The molecule has 3 aromatic carbocycles. The standard InChI is InChI=1S/C24H16ClN3O2/c25-22-4-2-1-3-18(22)16-7-10-19-20(13-16)21(24(30)28-23(19)29)14-27-17-8-5-15(6-9-17)11-12-26/h1-10,13-14,27H,11H2,(H,28,29,30). The first kappa shape index (κ1) is 19.4. The summed E-state index contributed by atoms with van der Waals surface area (Å²) in [5.74, 6) is -0.906. The van der Waals surface area contributed by atoms with Gasteiger partial charge in [-0.15, -0.1) is 0 Å². The van der Waals surface area contributed by atoms with Gasteiger partial charge in [-0.2, -0.15) is 5.26 Å². The summed E-state index contributed by atoms with van der Waals surface area (Å²) in [5, 5.41) is 14.8. The number of hydrogen-bond acceptors (Lipinski definition) is 4. The number of anilines is 1. The summed E-state index contributed by atoms with van der Waals surface area (Å²) in [7, 11) is 0. The zero-order valence-corrected chi connectivity index (χ0v) is 16.5. The number of imide groups is 1. The van der Waals surface area contributed by atoms with E-state index in [9.17, 15) is 9.59 Å². The number of carbonyl (C=O) groups excluding carboxylic acids is 2. The van der Waals surface area contributed by atoms with Gasteiger partial charge in [-0.3, -0.25) is 14.9 Å². The molecule has 2 N–H and O–H groups in total. The Balaban J connectivity index is 1.72. The molecule has 0 unspecified atom stereocenters. The van der Waals surface area contributed by atoms with Gasteiger partial charge in [0.25, 0.3) is 11.8 Å². The van der Waals surface area contributed by atoms with E-state index in [1.165, 1.54) is 0 Å². The lowest BCUT2D eigenvalue weighted by molar-refractivity contribution is -0.114. The number of fused-ring (bicyclic) bond motifs is 1. The molecule has 0 spiro atoms. The maximum absolute atomic E-state index is 12.5. The van der Waals surface area contributed by atoms with Crippen molar-refractivity contribution in [3.05, 3.63) is 94.6 Å². The SMILES string of the molecule is N#CCc1ccc(NC=C2C(=O)NC(=O)c3ccc(-c4ccccc4Cl)cc32)cc1. The minimum atomic E-state index is -0.475. The fourth-order valence-corrected chi connectivity index (χ4v) is 3.54. The van der Waals surface area contributed by atoms with E-state index < -0.39 is 11.8 Å². The summed E-state index contributed by atoms with van der Waals surface area (Å²) in [6, 6.07) is 22.2. The summed E-state index contributed by atoms with van der Waals surface area (Å²) in [6.45, 7) is 0. The molecule has 0 radical (unpaired) electrons. The minimum absolute atomic E-state index is 0.337. The second-order valence-electron chi connectivity index (χ2n) is 6.76. The number of nitriles is 1. The molecule has 0 fully saturated rings. The first-order valence-electron chi connectivity index (χ1n) is 9.24. The summed E-state index contributed by atoms with van der Waals surface area (Å²) >= 11 is 6.32. The van der Waals surface area contributed by atoms with E-state index in [0.29, 0.717) is 28.1 Å². The maximum Gasteiger partial charge on any atom is 0.260 e. The first-order valence-corrected chi connectivity index (χ1v) is 9.62. The molecule has 5 nitrogen and oxygen atoms in total. The van der Waals surface area contributed by atoms with Gasteiger partial charge in [0.15, 0.2) is 0 Å². The van der Waals surface area contributed by atoms with Gasteiger partial charge in [0.2, 0.25) is 0 Å². The molecule has 0 aliphatic carbocycles. The molecule has 6 heteroatoms.